The van der Waals surface area contributed by atoms with Gasteiger partial charge in [-0.15, -0.1) is 0 Å². The molecule has 144 valence electrons. The zero-order valence-electron chi connectivity index (χ0n) is 17.0. The minimum Gasteiger partial charge on any atom is -0.352 e. The summed E-state index contributed by atoms with van der Waals surface area (Å²) in [6, 6.07) is 18.8. The average molecular weight is 373 g/mol. The van der Waals surface area contributed by atoms with Gasteiger partial charge < -0.3 is 5.32 Å². The van der Waals surface area contributed by atoms with Crippen LogP contribution in [0.1, 0.15) is 57.2 Å². The Balaban J connectivity index is 1.77. The van der Waals surface area contributed by atoms with Crippen molar-refractivity contribution >= 4 is 5.91 Å². The standard InChI is InChI=1S/C25H28N2O/c1-4-13-27-25(28)24-7-5-6-22(19(24)3)17-23-16-21(12-14-26-23)15-20-10-8-18(2)9-11-20/h5-12,14,16H,4,13,15,17H2,1-3H3,(H,27,28). The molecule has 0 saturated heterocycles. The number of nitrogens with one attached hydrogen (secondary N) is 1. The number of pyridine rings is 1. The second kappa shape index (κ2) is 9.32. The van der Waals surface area contributed by atoms with E-state index in [-0.39, 0.29) is 5.91 Å². The van der Waals surface area contributed by atoms with E-state index < -0.39 is 0 Å². The van der Waals surface area contributed by atoms with Crippen molar-refractivity contribution in [3.8, 4) is 0 Å². The topological polar surface area (TPSA) is 42.0 Å². The zero-order chi connectivity index (χ0) is 19.9. The Kier molecular flexibility index (Phi) is 6.59. The molecule has 0 aliphatic rings. The fraction of sp³-hybridized carbons (Fsp3) is 0.280. The van der Waals surface area contributed by atoms with Crippen LogP contribution in [0.4, 0.5) is 0 Å². The Morgan fingerprint density at radius 2 is 1.75 bits per heavy atom. The molecule has 1 heterocycles. The second-order valence-electron chi connectivity index (χ2n) is 7.34. The number of aryl methyl sites for hydroxylation is 1. The molecule has 0 spiro atoms. The van der Waals surface area contributed by atoms with E-state index in [4.69, 9.17) is 0 Å². The highest BCUT2D eigenvalue weighted by atomic mass is 16.1. The van der Waals surface area contributed by atoms with Gasteiger partial charge in [-0.05, 0) is 67.1 Å². The molecule has 1 aromatic heterocycles. The van der Waals surface area contributed by atoms with Crippen LogP contribution < -0.4 is 5.32 Å². The molecule has 1 N–H and O–H groups in total. The van der Waals surface area contributed by atoms with Crippen molar-refractivity contribution in [2.24, 2.45) is 0 Å². The summed E-state index contributed by atoms with van der Waals surface area (Å²) in [5, 5.41) is 2.97. The minimum absolute atomic E-state index is 0.00211. The molecule has 0 saturated carbocycles. The predicted octanol–water partition coefficient (Wildman–Crippen LogP) is 5.02. The number of carbonyl (C=O) groups is 1. The Labute approximate surface area is 167 Å². The molecule has 0 radical (unpaired) electrons. The van der Waals surface area contributed by atoms with Crippen LogP contribution in [0.25, 0.3) is 0 Å². The van der Waals surface area contributed by atoms with Crippen LogP contribution >= 0.6 is 0 Å². The van der Waals surface area contributed by atoms with Crippen LogP contribution in [0, 0.1) is 13.8 Å². The molecular formula is C25H28N2O. The Morgan fingerprint density at radius 1 is 0.964 bits per heavy atom. The molecule has 2 aromatic carbocycles. The molecular weight excluding hydrogens is 344 g/mol. The van der Waals surface area contributed by atoms with E-state index in [1.54, 1.807) is 0 Å². The van der Waals surface area contributed by atoms with E-state index in [1.165, 1.54) is 16.7 Å². The van der Waals surface area contributed by atoms with Gasteiger partial charge in [0.25, 0.3) is 5.91 Å². The van der Waals surface area contributed by atoms with Crippen molar-refractivity contribution in [1.82, 2.24) is 10.3 Å². The first kappa shape index (κ1) is 19.8. The van der Waals surface area contributed by atoms with Gasteiger partial charge >= 0.3 is 0 Å². The number of hydrogen-bond acceptors (Lipinski definition) is 2. The van der Waals surface area contributed by atoms with Gasteiger partial charge in [0.2, 0.25) is 0 Å². The number of hydrogen-bond donors (Lipinski definition) is 1. The smallest absolute Gasteiger partial charge is 0.251 e. The summed E-state index contributed by atoms with van der Waals surface area (Å²) in [4.78, 5) is 16.9. The predicted molar refractivity (Wildman–Crippen MR) is 115 cm³/mol. The van der Waals surface area contributed by atoms with Crippen molar-refractivity contribution in [2.75, 3.05) is 6.54 Å². The lowest BCUT2D eigenvalue weighted by atomic mass is 9.97. The Bertz CT molecular complexity index is 945. The number of nitrogens with zero attached hydrogens (tertiary/aromatic N) is 1. The third-order valence-corrected chi connectivity index (χ3v) is 5.01. The summed E-state index contributed by atoms with van der Waals surface area (Å²) in [7, 11) is 0. The zero-order valence-corrected chi connectivity index (χ0v) is 17.0. The van der Waals surface area contributed by atoms with Crippen molar-refractivity contribution in [3.63, 3.8) is 0 Å². The van der Waals surface area contributed by atoms with E-state index in [0.29, 0.717) is 6.54 Å². The fourth-order valence-electron chi connectivity index (χ4n) is 3.33. The normalized spacial score (nSPS) is 10.7. The number of benzene rings is 2. The molecule has 3 aromatic rings. The van der Waals surface area contributed by atoms with Crippen molar-refractivity contribution in [1.29, 1.82) is 0 Å². The van der Waals surface area contributed by atoms with E-state index in [9.17, 15) is 4.79 Å². The van der Waals surface area contributed by atoms with Crippen molar-refractivity contribution < 1.29 is 4.79 Å². The summed E-state index contributed by atoms with van der Waals surface area (Å²) in [5.41, 5.74) is 7.78. The molecule has 0 atom stereocenters. The highest BCUT2D eigenvalue weighted by Gasteiger charge is 2.12. The van der Waals surface area contributed by atoms with E-state index >= 15 is 0 Å². The third-order valence-electron chi connectivity index (χ3n) is 5.01. The Morgan fingerprint density at radius 3 is 2.50 bits per heavy atom. The summed E-state index contributed by atoms with van der Waals surface area (Å²) >= 11 is 0. The van der Waals surface area contributed by atoms with Crippen LogP contribution in [0.15, 0.2) is 60.8 Å². The molecule has 3 rings (SSSR count). The molecule has 0 fully saturated rings. The number of rotatable bonds is 7. The first-order valence-electron chi connectivity index (χ1n) is 9.93. The van der Waals surface area contributed by atoms with Gasteiger partial charge in [-0.1, -0.05) is 48.9 Å². The third kappa shape index (κ3) is 5.07. The van der Waals surface area contributed by atoms with Gasteiger partial charge in [0.05, 0.1) is 0 Å². The average Bonchev–Trinajstić information content (AvgIpc) is 2.70. The van der Waals surface area contributed by atoms with E-state index in [1.807, 2.05) is 25.3 Å². The number of carbonyl (C=O) groups excluding carboxylic acids is 1. The first-order valence-corrected chi connectivity index (χ1v) is 9.93. The molecule has 0 aliphatic carbocycles. The van der Waals surface area contributed by atoms with Gasteiger partial charge in [-0.2, -0.15) is 0 Å². The molecule has 1 amide bonds. The maximum absolute atomic E-state index is 12.4. The van der Waals surface area contributed by atoms with E-state index in [2.05, 4.69) is 66.6 Å². The van der Waals surface area contributed by atoms with Gasteiger partial charge in [0, 0.05) is 30.4 Å². The van der Waals surface area contributed by atoms with Gasteiger partial charge in [-0.25, -0.2) is 0 Å². The number of amides is 1. The lowest BCUT2D eigenvalue weighted by molar-refractivity contribution is 0.0953. The summed E-state index contributed by atoms with van der Waals surface area (Å²) < 4.78 is 0. The molecule has 3 nitrogen and oxygen atoms in total. The number of aromatic nitrogens is 1. The summed E-state index contributed by atoms with van der Waals surface area (Å²) in [6.07, 6.45) is 4.44. The largest absolute Gasteiger partial charge is 0.352 e. The quantitative estimate of drug-likeness (QED) is 0.633. The second-order valence-corrected chi connectivity index (χ2v) is 7.34. The van der Waals surface area contributed by atoms with E-state index in [0.717, 1.165) is 41.6 Å². The Hall–Kier alpha value is -2.94. The first-order chi connectivity index (χ1) is 13.6. The van der Waals surface area contributed by atoms with Crippen molar-refractivity contribution in [3.05, 3.63) is 99.9 Å². The summed E-state index contributed by atoms with van der Waals surface area (Å²) in [5.74, 6) is 0.00211. The lowest BCUT2D eigenvalue weighted by Crippen LogP contribution is -2.25. The molecule has 0 aliphatic heterocycles. The lowest BCUT2D eigenvalue weighted by Gasteiger charge is -2.12. The van der Waals surface area contributed by atoms with Crippen LogP contribution in [0.2, 0.25) is 0 Å². The molecule has 3 heteroatoms. The monoisotopic (exact) mass is 372 g/mol. The molecule has 28 heavy (non-hydrogen) atoms. The van der Waals surface area contributed by atoms with Gasteiger partial charge in [-0.3, -0.25) is 9.78 Å². The van der Waals surface area contributed by atoms with Crippen molar-refractivity contribution in [2.45, 2.75) is 40.0 Å². The van der Waals surface area contributed by atoms with Gasteiger partial charge in [0.15, 0.2) is 0 Å². The summed E-state index contributed by atoms with van der Waals surface area (Å²) in [6.45, 7) is 6.88. The SMILES string of the molecule is CCCNC(=O)c1cccc(Cc2cc(Cc3ccc(C)cc3)ccn2)c1C. The highest BCUT2D eigenvalue weighted by molar-refractivity contribution is 5.95. The maximum atomic E-state index is 12.4. The molecule has 0 unspecified atom stereocenters. The van der Waals surface area contributed by atoms with Crippen LogP contribution in [0.3, 0.4) is 0 Å². The van der Waals surface area contributed by atoms with Crippen LogP contribution in [-0.2, 0) is 12.8 Å². The fourth-order valence-corrected chi connectivity index (χ4v) is 3.33. The highest BCUT2D eigenvalue weighted by Crippen LogP contribution is 2.18. The minimum atomic E-state index is 0.00211. The van der Waals surface area contributed by atoms with Crippen LogP contribution in [0.5, 0.6) is 0 Å². The maximum Gasteiger partial charge on any atom is 0.251 e. The molecule has 0 bridgehead atoms. The van der Waals surface area contributed by atoms with Gasteiger partial charge in [0.1, 0.15) is 0 Å². The van der Waals surface area contributed by atoms with Crippen LogP contribution in [-0.4, -0.2) is 17.4 Å².